The largest absolute Gasteiger partial charge is 0.377 e. The number of methoxy groups -OCH3 is 1. The predicted octanol–water partition coefficient (Wildman–Crippen LogP) is 1.55. The fourth-order valence-electron chi connectivity index (χ4n) is 0.989. The van der Waals surface area contributed by atoms with Crippen LogP contribution in [0.1, 0.15) is 33.1 Å². The molecule has 66 valence electrons. The van der Waals surface area contributed by atoms with Gasteiger partial charge in [-0.15, -0.1) is 0 Å². The Morgan fingerprint density at radius 1 is 1.55 bits per heavy atom. The van der Waals surface area contributed by atoms with E-state index in [9.17, 15) is 0 Å². The molecule has 11 heavy (non-hydrogen) atoms. The maximum atomic E-state index is 5.40. The second kappa shape index (κ2) is 3.55. The smallest absolute Gasteiger partial charge is 0.0772 e. The van der Waals surface area contributed by atoms with Gasteiger partial charge in [-0.3, -0.25) is 0 Å². The summed E-state index contributed by atoms with van der Waals surface area (Å²) in [7, 11) is 1.79. The van der Waals surface area contributed by atoms with E-state index in [-0.39, 0.29) is 5.60 Å². The third kappa shape index (κ3) is 2.80. The minimum absolute atomic E-state index is 0.0442. The first-order valence-corrected chi connectivity index (χ1v) is 4.49. The highest BCUT2D eigenvalue weighted by atomic mass is 16.5. The maximum absolute atomic E-state index is 5.40. The average molecular weight is 157 g/mol. The molecule has 1 rings (SSSR count). The first-order chi connectivity index (χ1) is 5.20. The van der Waals surface area contributed by atoms with Gasteiger partial charge in [0.2, 0.25) is 0 Å². The van der Waals surface area contributed by atoms with E-state index >= 15 is 0 Å². The Morgan fingerprint density at radius 3 is 2.55 bits per heavy atom. The first-order valence-electron chi connectivity index (χ1n) is 4.49. The molecule has 0 aromatic carbocycles. The highest BCUT2D eigenvalue weighted by molar-refractivity contribution is 4.85. The molecule has 1 aliphatic rings. The molecule has 0 aliphatic heterocycles. The van der Waals surface area contributed by atoms with Crippen LogP contribution >= 0.6 is 0 Å². The lowest BCUT2D eigenvalue weighted by atomic mass is 10.0. The number of ether oxygens (including phenoxy) is 1. The van der Waals surface area contributed by atoms with Crippen molar-refractivity contribution in [2.45, 2.75) is 44.8 Å². The van der Waals surface area contributed by atoms with E-state index in [0.29, 0.717) is 0 Å². The molecule has 1 fully saturated rings. The fourth-order valence-corrected chi connectivity index (χ4v) is 0.989. The van der Waals surface area contributed by atoms with Crippen molar-refractivity contribution >= 4 is 0 Å². The molecule has 0 heterocycles. The summed E-state index contributed by atoms with van der Waals surface area (Å²) in [6.45, 7) is 5.31. The number of hydrogen-bond acceptors (Lipinski definition) is 2. The molecular weight excluding hydrogens is 138 g/mol. The summed E-state index contributed by atoms with van der Waals surface area (Å²) in [5.74, 6) is 0. The minimum atomic E-state index is 0.0442. The van der Waals surface area contributed by atoms with Gasteiger partial charge in [-0.05, 0) is 26.2 Å². The average Bonchev–Trinajstić information content (AvgIpc) is 2.83. The molecule has 0 amide bonds. The zero-order chi connectivity index (χ0) is 8.32. The van der Waals surface area contributed by atoms with Crippen molar-refractivity contribution in [2.24, 2.45) is 0 Å². The Morgan fingerprint density at radius 2 is 2.18 bits per heavy atom. The Labute approximate surface area is 69.3 Å². The quantitative estimate of drug-likeness (QED) is 0.654. The third-order valence-electron chi connectivity index (χ3n) is 2.58. The molecular formula is C9H19NO. The summed E-state index contributed by atoms with van der Waals surface area (Å²) in [6, 6.07) is 0.788. The van der Waals surface area contributed by atoms with E-state index < -0.39 is 0 Å². The summed E-state index contributed by atoms with van der Waals surface area (Å²) in [6.07, 6.45) is 3.77. The Bertz CT molecular complexity index is 117. The van der Waals surface area contributed by atoms with E-state index in [0.717, 1.165) is 19.0 Å². The van der Waals surface area contributed by atoms with E-state index in [1.165, 1.54) is 12.8 Å². The third-order valence-corrected chi connectivity index (χ3v) is 2.58. The second-order valence-electron chi connectivity index (χ2n) is 3.66. The summed E-state index contributed by atoms with van der Waals surface area (Å²) in [5.41, 5.74) is 0.0442. The van der Waals surface area contributed by atoms with Crippen molar-refractivity contribution in [1.82, 2.24) is 5.32 Å². The van der Waals surface area contributed by atoms with Gasteiger partial charge in [-0.1, -0.05) is 6.92 Å². The van der Waals surface area contributed by atoms with E-state index in [1.807, 2.05) is 0 Å². The van der Waals surface area contributed by atoms with Gasteiger partial charge >= 0.3 is 0 Å². The monoisotopic (exact) mass is 157 g/mol. The van der Waals surface area contributed by atoms with Crippen molar-refractivity contribution in [3.63, 3.8) is 0 Å². The highest BCUT2D eigenvalue weighted by Crippen LogP contribution is 2.21. The maximum Gasteiger partial charge on any atom is 0.0772 e. The standard InChI is InChI=1S/C9H19NO/c1-4-9(2,11-3)7-10-8-5-6-8/h8,10H,4-7H2,1-3H3. The topological polar surface area (TPSA) is 21.3 Å². The first kappa shape index (κ1) is 9.01. The van der Waals surface area contributed by atoms with Gasteiger partial charge in [0, 0.05) is 19.7 Å². The summed E-state index contributed by atoms with van der Waals surface area (Å²) < 4.78 is 5.40. The van der Waals surface area contributed by atoms with Crippen molar-refractivity contribution in [3.05, 3.63) is 0 Å². The van der Waals surface area contributed by atoms with Crippen molar-refractivity contribution in [1.29, 1.82) is 0 Å². The molecule has 0 spiro atoms. The van der Waals surface area contributed by atoms with Crippen molar-refractivity contribution < 1.29 is 4.74 Å². The Hall–Kier alpha value is -0.0800. The molecule has 0 radical (unpaired) electrons. The normalized spacial score (nSPS) is 23.2. The van der Waals surface area contributed by atoms with Gasteiger partial charge in [-0.25, -0.2) is 0 Å². The van der Waals surface area contributed by atoms with Gasteiger partial charge in [0.15, 0.2) is 0 Å². The molecule has 1 atom stereocenters. The van der Waals surface area contributed by atoms with E-state index in [1.54, 1.807) is 7.11 Å². The van der Waals surface area contributed by atoms with Crippen LogP contribution in [0.25, 0.3) is 0 Å². The van der Waals surface area contributed by atoms with Crippen LogP contribution < -0.4 is 5.32 Å². The summed E-state index contributed by atoms with van der Waals surface area (Å²) in [4.78, 5) is 0. The molecule has 0 aromatic rings. The zero-order valence-electron chi connectivity index (χ0n) is 7.81. The molecule has 2 heteroatoms. The SMILES string of the molecule is CCC(C)(CNC1CC1)OC. The Kier molecular flexibility index (Phi) is 2.90. The van der Waals surface area contributed by atoms with Gasteiger partial charge < -0.3 is 10.1 Å². The molecule has 0 aromatic heterocycles. The second-order valence-corrected chi connectivity index (χ2v) is 3.66. The van der Waals surface area contributed by atoms with Crippen LogP contribution in [0.2, 0.25) is 0 Å². The number of rotatable bonds is 5. The Balaban J connectivity index is 2.18. The molecule has 1 saturated carbocycles. The summed E-state index contributed by atoms with van der Waals surface area (Å²) in [5, 5.41) is 3.47. The van der Waals surface area contributed by atoms with Gasteiger partial charge in [0.05, 0.1) is 5.60 Å². The van der Waals surface area contributed by atoms with Crippen LogP contribution in [0.15, 0.2) is 0 Å². The summed E-state index contributed by atoms with van der Waals surface area (Å²) >= 11 is 0. The lowest BCUT2D eigenvalue weighted by Gasteiger charge is -2.26. The van der Waals surface area contributed by atoms with Crippen molar-refractivity contribution in [2.75, 3.05) is 13.7 Å². The molecule has 0 bridgehead atoms. The zero-order valence-corrected chi connectivity index (χ0v) is 7.81. The van der Waals surface area contributed by atoms with Crippen LogP contribution in [0.5, 0.6) is 0 Å². The fraction of sp³-hybridized carbons (Fsp3) is 1.00. The highest BCUT2D eigenvalue weighted by Gasteiger charge is 2.26. The van der Waals surface area contributed by atoms with E-state index in [2.05, 4.69) is 19.2 Å². The van der Waals surface area contributed by atoms with Crippen LogP contribution in [-0.2, 0) is 4.74 Å². The lowest BCUT2D eigenvalue weighted by Crippen LogP contribution is -2.39. The molecule has 1 N–H and O–H groups in total. The van der Waals surface area contributed by atoms with Crippen LogP contribution in [0, 0.1) is 0 Å². The number of hydrogen-bond donors (Lipinski definition) is 1. The van der Waals surface area contributed by atoms with E-state index in [4.69, 9.17) is 4.74 Å². The minimum Gasteiger partial charge on any atom is -0.377 e. The van der Waals surface area contributed by atoms with Gasteiger partial charge in [0.1, 0.15) is 0 Å². The van der Waals surface area contributed by atoms with Crippen molar-refractivity contribution in [3.8, 4) is 0 Å². The molecule has 1 aliphatic carbocycles. The van der Waals surface area contributed by atoms with Gasteiger partial charge in [0.25, 0.3) is 0 Å². The van der Waals surface area contributed by atoms with Crippen LogP contribution in [-0.4, -0.2) is 25.3 Å². The molecule has 1 unspecified atom stereocenters. The lowest BCUT2D eigenvalue weighted by molar-refractivity contribution is 0.00345. The number of nitrogens with one attached hydrogen (secondary N) is 1. The molecule has 0 saturated heterocycles. The predicted molar refractivity (Wildman–Crippen MR) is 46.7 cm³/mol. The molecule has 2 nitrogen and oxygen atoms in total. The van der Waals surface area contributed by atoms with Crippen LogP contribution in [0.3, 0.4) is 0 Å². The van der Waals surface area contributed by atoms with Crippen LogP contribution in [0.4, 0.5) is 0 Å². The van der Waals surface area contributed by atoms with Gasteiger partial charge in [-0.2, -0.15) is 0 Å².